The van der Waals surface area contributed by atoms with Crippen LogP contribution in [0, 0.1) is 13.8 Å². The molecule has 5 nitrogen and oxygen atoms in total. The Balaban J connectivity index is 1.72. The molecule has 4 rings (SSSR count). The van der Waals surface area contributed by atoms with E-state index >= 15 is 0 Å². The minimum absolute atomic E-state index is 0.112. The fourth-order valence-electron chi connectivity index (χ4n) is 3.39. The van der Waals surface area contributed by atoms with Crippen LogP contribution in [0.25, 0.3) is 0 Å². The summed E-state index contributed by atoms with van der Waals surface area (Å²) in [6.07, 6.45) is 0.899. The minimum atomic E-state index is -0.163. The lowest BCUT2D eigenvalue weighted by molar-refractivity contribution is 0.102. The van der Waals surface area contributed by atoms with Crippen molar-refractivity contribution < 1.29 is 4.79 Å². The summed E-state index contributed by atoms with van der Waals surface area (Å²) in [6, 6.07) is 17.4. The maximum atomic E-state index is 12.9. The molecule has 31 heavy (non-hydrogen) atoms. The maximum Gasteiger partial charge on any atom is 0.256 e. The van der Waals surface area contributed by atoms with Crippen LogP contribution < -0.4 is 10.6 Å². The molecule has 1 aromatic carbocycles. The Hall–Kier alpha value is -3.03. The molecule has 0 aliphatic carbocycles. The van der Waals surface area contributed by atoms with Crippen LogP contribution >= 0.6 is 22.7 Å². The average molecular weight is 449 g/mol. The number of nitrogens with zero attached hydrogens (tertiary/aromatic N) is 2. The van der Waals surface area contributed by atoms with E-state index < -0.39 is 0 Å². The zero-order chi connectivity index (χ0) is 21.8. The van der Waals surface area contributed by atoms with Crippen molar-refractivity contribution in [1.82, 2.24) is 9.97 Å². The van der Waals surface area contributed by atoms with E-state index in [4.69, 9.17) is 0 Å². The topological polar surface area (TPSA) is 66.9 Å². The Morgan fingerprint density at radius 3 is 2.42 bits per heavy atom. The number of aromatic nitrogens is 2. The van der Waals surface area contributed by atoms with E-state index in [2.05, 4.69) is 45.0 Å². The summed E-state index contributed by atoms with van der Waals surface area (Å²) in [6.45, 7) is 6.05. The number of hydrogen-bond acceptors (Lipinski definition) is 6. The molecule has 158 valence electrons. The number of hydrogen-bond donors (Lipinski definition) is 2. The van der Waals surface area contributed by atoms with Gasteiger partial charge in [0.2, 0.25) is 5.95 Å². The third-order valence-corrected chi connectivity index (χ3v) is 6.97. The minimum Gasteiger partial charge on any atom is -0.342 e. The number of nitrogens with one attached hydrogen (secondary N) is 2. The zero-order valence-electron chi connectivity index (χ0n) is 17.7. The molecule has 0 spiro atoms. The zero-order valence-corrected chi connectivity index (χ0v) is 19.3. The number of thiophene rings is 2. The van der Waals surface area contributed by atoms with Crippen molar-refractivity contribution in [3.05, 3.63) is 92.2 Å². The summed E-state index contributed by atoms with van der Waals surface area (Å²) >= 11 is 3.29. The molecule has 0 bridgehead atoms. The van der Waals surface area contributed by atoms with Gasteiger partial charge in [0.1, 0.15) is 5.00 Å². The molecular formula is C24H24N4OS2. The normalized spacial score (nSPS) is 11.8. The summed E-state index contributed by atoms with van der Waals surface area (Å²) in [5, 5.41) is 9.56. The summed E-state index contributed by atoms with van der Waals surface area (Å²) in [5.74, 6) is 0.472. The van der Waals surface area contributed by atoms with E-state index in [1.54, 1.807) is 22.7 Å². The highest BCUT2D eigenvalue weighted by Gasteiger charge is 2.24. The molecule has 1 atom stereocenters. The standard InChI is InChI=1S/C24H24N4OS2/c1-4-18-14-19(23(31-18)28-22(29)17-9-6-5-7-10-17)21(20-11-8-12-30-20)27-24-25-15(2)13-16(3)26-24/h5-14,21H,4H2,1-3H3,(H,28,29)(H,25,26,27). The quantitative estimate of drug-likeness (QED) is 0.351. The van der Waals surface area contributed by atoms with Gasteiger partial charge in [0, 0.05) is 32.3 Å². The first-order chi connectivity index (χ1) is 15.0. The Morgan fingerprint density at radius 2 is 1.77 bits per heavy atom. The molecule has 0 saturated carbocycles. The third-order valence-electron chi connectivity index (χ3n) is 4.82. The molecule has 2 N–H and O–H groups in total. The van der Waals surface area contributed by atoms with Gasteiger partial charge in [0.25, 0.3) is 5.91 Å². The Labute approximate surface area is 190 Å². The predicted molar refractivity (Wildman–Crippen MR) is 129 cm³/mol. The van der Waals surface area contributed by atoms with Crippen molar-refractivity contribution in [3.63, 3.8) is 0 Å². The van der Waals surface area contributed by atoms with Gasteiger partial charge in [-0.1, -0.05) is 31.2 Å². The molecule has 4 aromatic rings. The van der Waals surface area contributed by atoms with Crippen LogP contribution in [0.4, 0.5) is 10.9 Å². The van der Waals surface area contributed by atoms with Crippen LogP contribution in [0.3, 0.4) is 0 Å². The van der Waals surface area contributed by atoms with Gasteiger partial charge in [-0.3, -0.25) is 4.79 Å². The van der Waals surface area contributed by atoms with E-state index in [1.165, 1.54) is 4.88 Å². The largest absolute Gasteiger partial charge is 0.342 e. The van der Waals surface area contributed by atoms with Gasteiger partial charge >= 0.3 is 0 Å². The second-order valence-electron chi connectivity index (χ2n) is 7.24. The van der Waals surface area contributed by atoms with Crippen LogP contribution in [-0.4, -0.2) is 15.9 Å². The van der Waals surface area contributed by atoms with Crippen molar-refractivity contribution in [1.29, 1.82) is 0 Å². The van der Waals surface area contributed by atoms with Crippen LogP contribution in [-0.2, 0) is 6.42 Å². The lowest BCUT2D eigenvalue weighted by Gasteiger charge is -2.19. The predicted octanol–water partition coefficient (Wildman–Crippen LogP) is 6.23. The van der Waals surface area contributed by atoms with Crippen LogP contribution in [0.15, 0.2) is 60.0 Å². The highest BCUT2D eigenvalue weighted by atomic mass is 32.1. The molecular weight excluding hydrogens is 424 g/mol. The van der Waals surface area contributed by atoms with E-state index in [0.717, 1.165) is 33.3 Å². The molecule has 1 unspecified atom stereocenters. The molecule has 0 radical (unpaired) electrons. The number of carbonyl (C=O) groups excluding carboxylic acids is 1. The van der Waals surface area contributed by atoms with Gasteiger partial charge in [-0.05, 0) is 56.0 Å². The van der Waals surface area contributed by atoms with Crippen LogP contribution in [0.5, 0.6) is 0 Å². The molecule has 0 aliphatic rings. The van der Waals surface area contributed by atoms with Gasteiger partial charge < -0.3 is 10.6 Å². The molecule has 0 saturated heterocycles. The average Bonchev–Trinajstić information content (AvgIpc) is 3.42. The van der Waals surface area contributed by atoms with Gasteiger partial charge in [0.15, 0.2) is 0 Å². The highest BCUT2D eigenvalue weighted by molar-refractivity contribution is 7.16. The second-order valence-corrected chi connectivity index (χ2v) is 9.35. The highest BCUT2D eigenvalue weighted by Crippen LogP contribution is 2.39. The number of anilines is 2. The third kappa shape index (κ3) is 5.00. The number of aryl methyl sites for hydroxylation is 3. The van der Waals surface area contributed by atoms with Crippen molar-refractivity contribution in [2.45, 2.75) is 33.2 Å². The molecule has 3 aromatic heterocycles. The monoisotopic (exact) mass is 448 g/mol. The second kappa shape index (κ2) is 9.41. The SMILES string of the molecule is CCc1cc(C(Nc2nc(C)cc(C)n2)c2cccs2)c(NC(=O)c2ccccc2)s1. The lowest BCUT2D eigenvalue weighted by atomic mass is 10.1. The van der Waals surface area contributed by atoms with Gasteiger partial charge in [-0.2, -0.15) is 0 Å². The molecule has 0 aliphatic heterocycles. The molecule has 7 heteroatoms. The Morgan fingerprint density at radius 1 is 1.03 bits per heavy atom. The van der Waals surface area contributed by atoms with E-state index in [0.29, 0.717) is 11.5 Å². The van der Waals surface area contributed by atoms with Crippen LogP contribution in [0.1, 0.15) is 50.0 Å². The van der Waals surface area contributed by atoms with Crippen molar-refractivity contribution in [2.75, 3.05) is 10.6 Å². The van der Waals surface area contributed by atoms with E-state index in [1.807, 2.05) is 56.3 Å². The number of amides is 1. The van der Waals surface area contributed by atoms with Gasteiger partial charge in [-0.15, -0.1) is 22.7 Å². The van der Waals surface area contributed by atoms with Gasteiger partial charge in [0.05, 0.1) is 6.04 Å². The van der Waals surface area contributed by atoms with Crippen molar-refractivity contribution in [2.24, 2.45) is 0 Å². The lowest BCUT2D eigenvalue weighted by Crippen LogP contribution is -2.17. The summed E-state index contributed by atoms with van der Waals surface area (Å²) in [5.41, 5.74) is 3.49. The summed E-state index contributed by atoms with van der Waals surface area (Å²) < 4.78 is 0. The number of carbonyl (C=O) groups is 1. The molecule has 1 amide bonds. The number of benzene rings is 1. The van der Waals surface area contributed by atoms with Crippen molar-refractivity contribution in [3.8, 4) is 0 Å². The Kier molecular flexibility index (Phi) is 6.44. The first kappa shape index (κ1) is 21.2. The van der Waals surface area contributed by atoms with E-state index in [9.17, 15) is 4.79 Å². The fourth-order valence-corrected chi connectivity index (χ4v) is 5.21. The molecule has 3 heterocycles. The van der Waals surface area contributed by atoms with E-state index in [-0.39, 0.29) is 11.9 Å². The first-order valence-corrected chi connectivity index (χ1v) is 11.8. The summed E-state index contributed by atoms with van der Waals surface area (Å²) in [7, 11) is 0. The number of rotatable bonds is 7. The van der Waals surface area contributed by atoms with Crippen molar-refractivity contribution >= 4 is 39.5 Å². The first-order valence-electron chi connectivity index (χ1n) is 10.1. The van der Waals surface area contributed by atoms with Gasteiger partial charge in [-0.25, -0.2) is 9.97 Å². The van der Waals surface area contributed by atoms with Crippen LogP contribution in [0.2, 0.25) is 0 Å². The maximum absolute atomic E-state index is 12.9. The smallest absolute Gasteiger partial charge is 0.256 e. The summed E-state index contributed by atoms with van der Waals surface area (Å²) in [4.78, 5) is 24.4. The molecule has 0 fully saturated rings. The Bertz CT molecular complexity index is 1150. The fraction of sp³-hybridized carbons (Fsp3) is 0.208.